The number of carbonyl (C=O) groups is 3. The van der Waals surface area contributed by atoms with Gasteiger partial charge in [-0.25, -0.2) is 9.59 Å². The number of anilines is 1. The van der Waals surface area contributed by atoms with Gasteiger partial charge in [0.05, 0.1) is 6.54 Å². The fourth-order valence-electron chi connectivity index (χ4n) is 2.83. The minimum absolute atomic E-state index is 0.0153. The van der Waals surface area contributed by atoms with Crippen molar-refractivity contribution in [2.45, 2.75) is 39.2 Å². The molecule has 1 aliphatic heterocycles. The van der Waals surface area contributed by atoms with E-state index in [4.69, 9.17) is 5.11 Å². The number of hydrogen-bond acceptors (Lipinski definition) is 4. The summed E-state index contributed by atoms with van der Waals surface area (Å²) in [6.07, 6.45) is 2.01. The summed E-state index contributed by atoms with van der Waals surface area (Å²) in [5, 5.41) is 23.4. The molecular weight excluding hydrogens is 350 g/mol. The van der Waals surface area contributed by atoms with Crippen molar-refractivity contribution >= 4 is 23.6 Å². The van der Waals surface area contributed by atoms with Gasteiger partial charge in [0.1, 0.15) is 0 Å². The SMILES string of the molecule is Cc1cc(C(=O)N2CCC(C)CC2)ccc1NC(=O)NCC(C)(O)C(=O)O. The summed E-state index contributed by atoms with van der Waals surface area (Å²) in [4.78, 5) is 37.2. The van der Waals surface area contributed by atoms with Crippen molar-refractivity contribution in [3.05, 3.63) is 29.3 Å². The molecule has 0 aliphatic carbocycles. The molecule has 2 rings (SSSR count). The number of aliphatic carboxylic acids is 1. The van der Waals surface area contributed by atoms with Crippen molar-refractivity contribution in [3.8, 4) is 0 Å². The molecule has 0 spiro atoms. The van der Waals surface area contributed by atoms with Crippen LogP contribution >= 0.6 is 0 Å². The summed E-state index contributed by atoms with van der Waals surface area (Å²) in [7, 11) is 0. The molecule has 4 N–H and O–H groups in total. The lowest BCUT2D eigenvalue weighted by Crippen LogP contribution is -2.47. The van der Waals surface area contributed by atoms with Crippen LogP contribution in [0.25, 0.3) is 0 Å². The summed E-state index contributed by atoms with van der Waals surface area (Å²) < 4.78 is 0. The second-order valence-electron chi connectivity index (χ2n) is 7.39. The Hall–Kier alpha value is -2.61. The topological polar surface area (TPSA) is 119 Å². The molecule has 0 radical (unpaired) electrons. The Labute approximate surface area is 158 Å². The van der Waals surface area contributed by atoms with Crippen LogP contribution in [0.15, 0.2) is 18.2 Å². The molecule has 1 aliphatic rings. The maximum Gasteiger partial charge on any atom is 0.337 e. The van der Waals surface area contributed by atoms with Crippen LogP contribution in [0, 0.1) is 12.8 Å². The molecule has 1 unspecified atom stereocenters. The van der Waals surface area contributed by atoms with Gasteiger partial charge in [-0.15, -0.1) is 0 Å². The number of nitrogens with zero attached hydrogens (tertiary/aromatic N) is 1. The number of carboxylic acid groups (broad SMARTS) is 1. The van der Waals surface area contributed by atoms with Gasteiger partial charge in [-0.2, -0.15) is 0 Å². The lowest BCUT2D eigenvalue weighted by atomic mass is 9.98. The maximum absolute atomic E-state index is 12.6. The standard InChI is InChI=1S/C19H27N3O5/c1-12-6-8-22(9-7-12)16(23)14-4-5-15(13(2)10-14)21-18(26)20-11-19(3,27)17(24)25/h4-5,10,12,27H,6-9,11H2,1-3H3,(H,24,25)(H2,20,21,26). The molecule has 8 heteroatoms. The quantitative estimate of drug-likeness (QED) is 0.624. The highest BCUT2D eigenvalue weighted by atomic mass is 16.4. The van der Waals surface area contributed by atoms with E-state index in [2.05, 4.69) is 17.6 Å². The number of carbonyl (C=O) groups excluding carboxylic acids is 2. The molecule has 1 fully saturated rings. The van der Waals surface area contributed by atoms with Gasteiger partial charge in [0.15, 0.2) is 5.60 Å². The number of rotatable bonds is 5. The molecule has 0 bridgehead atoms. The number of piperidine rings is 1. The largest absolute Gasteiger partial charge is 0.479 e. The first-order valence-corrected chi connectivity index (χ1v) is 9.00. The molecule has 1 aromatic carbocycles. The number of benzene rings is 1. The third kappa shape index (κ3) is 5.43. The Morgan fingerprint density at radius 3 is 2.44 bits per heavy atom. The number of aliphatic hydroxyl groups is 1. The fourth-order valence-corrected chi connectivity index (χ4v) is 2.83. The van der Waals surface area contributed by atoms with E-state index >= 15 is 0 Å². The molecular formula is C19H27N3O5. The lowest BCUT2D eigenvalue weighted by molar-refractivity contribution is -0.155. The number of urea groups is 1. The summed E-state index contributed by atoms with van der Waals surface area (Å²) in [5.41, 5.74) is -0.256. The number of likely N-dealkylation sites (tertiary alicyclic amines) is 1. The highest BCUT2D eigenvalue weighted by Gasteiger charge is 2.30. The van der Waals surface area contributed by atoms with E-state index in [0.717, 1.165) is 32.9 Å². The number of carboxylic acids is 1. The molecule has 1 saturated heterocycles. The minimum atomic E-state index is -2.05. The molecule has 0 aromatic heterocycles. The van der Waals surface area contributed by atoms with Crippen LogP contribution < -0.4 is 10.6 Å². The molecule has 27 heavy (non-hydrogen) atoms. The Morgan fingerprint density at radius 2 is 1.89 bits per heavy atom. The fraction of sp³-hybridized carbons (Fsp3) is 0.526. The number of aryl methyl sites for hydroxylation is 1. The predicted octanol–water partition coefficient (Wildman–Crippen LogP) is 1.82. The molecule has 1 atom stereocenters. The molecule has 3 amide bonds. The van der Waals surface area contributed by atoms with Crippen LogP contribution in [-0.4, -0.2) is 58.3 Å². The monoisotopic (exact) mass is 377 g/mol. The smallest absolute Gasteiger partial charge is 0.337 e. The Bertz CT molecular complexity index is 724. The van der Waals surface area contributed by atoms with Crippen molar-refractivity contribution in [1.82, 2.24) is 10.2 Å². The molecule has 1 heterocycles. The van der Waals surface area contributed by atoms with E-state index in [0.29, 0.717) is 22.7 Å². The van der Waals surface area contributed by atoms with E-state index in [1.807, 2.05) is 4.90 Å². The van der Waals surface area contributed by atoms with Crippen molar-refractivity contribution in [1.29, 1.82) is 0 Å². The predicted molar refractivity (Wildman–Crippen MR) is 101 cm³/mol. The second-order valence-corrected chi connectivity index (χ2v) is 7.39. The minimum Gasteiger partial charge on any atom is -0.479 e. The van der Waals surface area contributed by atoms with E-state index in [-0.39, 0.29) is 5.91 Å². The van der Waals surface area contributed by atoms with Crippen LogP contribution in [0.4, 0.5) is 10.5 Å². The van der Waals surface area contributed by atoms with Gasteiger partial charge in [-0.05, 0) is 56.4 Å². The summed E-state index contributed by atoms with van der Waals surface area (Å²) in [6.45, 7) is 6.14. The molecule has 8 nitrogen and oxygen atoms in total. The zero-order chi connectivity index (χ0) is 20.2. The van der Waals surface area contributed by atoms with Crippen molar-refractivity contribution in [2.24, 2.45) is 5.92 Å². The van der Waals surface area contributed by atoms with Gasteiger partial charge in [0, 0.05) is 24.3 Å². The van der Waals surface area contributed by atoms with Crippen LogP contribution in [0.3, 0.4) is 0 Å². The van der Waals surface area contributed by atoms with E-state index < -0.39 is 24.1 Å². The van der Waals surface area contributed by atoms with Crippen LogP contribution in [-0.2, 0) is 4.79 Å². The van der Waals surface area contributed by atoms with Crippen LogP contribution in [0.1, 0.15) is 42.6 Å². The zero-order valence-corrected chi connectivity index (χ0v) is 15.9. The highest BCUT2D eigenvalue weighted by Crippen LogP contribution is 2.21. The number of nitrogens with one attached hydrogen (secondary N) is 2. The van der Waals surface area contributed by atoms with E-state index in [9.17, 15) is 19.5 Å². The molecule has 1 aromatic rings. The first kappa shape index (κ1) is 20.7. The highest BCUT2D eigenvalue weighted by molar-refractivity contribution is 5.96. The average Bonchev–Trinajstić information content (AvgIpc) is 2.61. The number of hydrogen-bond donors (Lipinski definition) is 4. The van der Waals surface area contributed by atoms with Gasteiger partial charge < -0.3 is 25.7 Å². The van der Waals surface area contributed by atoms with Gasteiger partial charge in [0.2, 0.25) is 0 Å². The summed E-state index contributed by atoms with van der Waals surface area (Å²) in [5.74, 6) is -0.796. The summed E-state index contributed by atoms with van der Waals surface area (Å²) >= 11 is 0. The van der Waals surface area contributed by atoms with Gasteiger partial charge in [-0.1, -0.05) is 6.92 Å². The van der Waals surface area contributed by atoms with Gasteiger partial charge >= 0.3 is 12.0 Å². The Balaban J connectivity index is 1.97. The number of amides is 3. The van der Waals surface area contributed by atoms with E-state index in [1.165, 1.54) is 0 Å². The normalized spacial score (nSPS) is 17.1. The molecule has 148 valence electrons. The average molecular weight is 377 g/mol. The zero-order valence-electron chi connectivity index (χ0n) is 15.9. The van der Waals surface area contributed by atoms with Crippen molar-refractivity contribution in [2.75, 3.05) is 25.0 Å². The second kappa shape index (κ2) is 8.39. The van der Waals surface area contributed by atoms with E-state index in [1.54, 1.807) is 25.1 Å². The first-order chi connectivity index (χ1) is 12.6. The van der Waals surface area contributed by atoms with Crippen LogP contribution in [0.5, 0.6) is 0 Å². The Morgan fingerprint density at radius 1 is 1.26 bits per heavy atom. The lowest BCUT2D eigenvalue weighted by Gasteiger charge is -2.30. The third-order valence-corrected chi connectivity index (χ3v) is 4.85. The third-order valence-electron chi connectivity index (χ3n) is 4.85. The summed E-state index contributed by atoms with van der Waals surface area (Å²) in [6, 6.07) is 4.40. The van der Waals surface area contributed by atoms with Gasteiger partial charge in [0.25, 0.3) is 5.91 Å². The van der Waals surface area contributed by atoms with Crippen molar-refractivity contribution < 1.29 is 24.6 Å². The van der Waals surface area contributed by atoms with Crippen molar-refractivity contribution in [3.63, 3.8) is 0 Å². The van der Waals surface area contributed by atoms with Gasteiger partial charge in [-0.3, -0.25) is 4.79 Å². The van der Waals surface area contributed by atoms with Crippen LogP contribution in [0.2, 0.25) is 0 Å². The maximum atomic E-state index is 12.6. The Kier molecular flexibility index (Phi) is 6.43. The molecule has 0 saturated carbocycles. The first-order valence-electron chi connectivity index (χ1n) is 9.00.